The Morgan fingerprint density at radius 2 is 0.559 bits per heavy atom. The van der Waals surface area contributed by atoms with Crippen molar-refractivity contribution in [3.05, 3.63) is 72.9 Å². The van der Waals surface area contributed by atoms with E-state index in [2.05, 4.69) is 93.7 Å². The number of aliphatic carboxylic acids is 3. The Kier molecular flexibility index (Phi) is 49.0. The molecule has 0 aromatic rings. The normalized spacial score (nSPS) is 20.3. The molecule has 3 saturated heterocycles. The summed E-state index contributed by atoms with van der Waals surface area (Å²) in [5.41, 5.74) is 0. The second-order valence-corrected chi connectivity index (χ2v) is 18.3. The third kappa shape index (κ3) is 51.3. The van der Waals surface area contributed by atoms with Crippen LogP contribution in [0.1, 0.15) is 227 Å². The molecule has 3 aliphatic rings. The van der Waals surface area contributed by atoms with Crippen LogP contribution in [0.25, 0.3) is 0 Å². The zero-order valence-electron chi connectivity index (χ0n) is 43.4. The summed E-state index contributed by atoms with van der Waals surface area (Å²) >= 11 is 0. The van der Waals surface area contributed by atoms with E-state index in [9.17, 15) is 14.4 Å². The Labute approximate surface area is 429 Å². The van der Waals surface area contributed by atoms with Gasteiger partial charge in [0.25, 0.3) is 0 Å². The summed E-state index contributed by atoms with van der Waals surface area (Å²) in [5.74, 6) is -2.03. The van der Waals surface area contributed by atoms with Gasteiger partial charge < -0.3 is 34.6 Å². The van der Waals surface area contributed by atoms with E-state index in [-0.39, 0.29) is 27.8 Å². The molecule has 4 N–H and O–H groups in total. The van der Waals surface area contributed by atoms with E-state index in [0.29, 0.717) is 55.9 Å². The summed E-state index contributed by atoms with van der Waals surface area (Å²) in [5, 5.41) is 33.6. The third-order valence-corrected chi connectivity index (χ3v) is 11.3. The standard InChI is InChI=1S/3C18H30O3.C3H8O.Ti/c3*1-2-3-10-13-16-17(21-16)14-11-8-6-4-5-7-9-12-15-18(19)20;1-3(2)4;/h3*3,8,10-11,16-17H,2,4-7,9,12-15H2,1H3,(H,19,20);3-4H,1-2H3;/b3*10-3+,11-8+;;. The van der Waals surface area contributed by atoms with Gasteiger partial charge in [-0.2, -0.15) is 0 Å². The van der Waals surface area contributed by atoms with Crippen LogP contribution in [0.2, 0.25) is 0 Å². The minimum absolute atomic E-state index is 0. The van der Waals surface area contributed by atoms with E-state index in [1.807, 2.05) is 0 Å². The van der Waals surface area contributed by atoms with Crippen LogP contribution in [-0.2, 0) is 50.3 Å². The molecule has 6 unspecified atom stereocenters. The number of unbranched alkanes of at least 4 members (excludes halogenated alkanes) is 15. The second-order valence-electron chi connectivity index (χ2n) is 18.3. The average Bonchev–Trinajstić information content (AvgIpc) is 4.22. The fraction of sp³-hybridized carbons (Fsp3) is 0.737. The molecule has 68 heavy (non-hydrogen) atoms. The maximum absolute atomic E-state index is 10.3. The molecule has 10 nitrogen and oxygen atoms in total. The van der Waals surface area contributed by atoms with E-state index in [0.717, 1.165) is 135 Å². The van der Waals surface area contributed by atoms with Crippen LogP contribution >= 0.6 is 0 Å². The molecule has 3 heterocycles. The summed E-state index contributed by atoms with van der Waals surface area (Å²) in [4.78, 5) is 31.0. The van der Waals surface area contributed by atoms with E-state index in [1.165, 1.54) is 38.5 Å². The van der Waals surface area contributed by atoms with Crippen molar-refractivity contribution in [2.24, 2.45) is 0 Å². The van der Waals surface area contributed by atoms with Crippen LogP contribution in [0, 0.1) is 0 Å². The summed E-state index contributed by atoms with van der Waals surface area (Å²) in [7, 11) is 0. The van der Waals surface area contributed by atoms with Crippen LogP contribution in [0.5, 0.6) is 0 Å². The van der Waals surface area contributed by atoms with Gasteiger partial charge in [-0.25, -0.2) is 0 Å². The molecule has 3 aliphatic heterocycles. The van der Waals surface area contributed by atoms with Crippen molar-refractivity contribution in [2.45, 2.75) is 270 Å². The molecule has 6 atom stereocenters. The molecule has 3 fully saturated rings. The van der Waals surface area contributed by atoms with Gasteiger partial charge in [-0.3, -0.25) is 14.4 Å². The number of hydrogen-bond donors (Lipinski definition) is 4. The summed E-state index contributed by atoms with van der Waals surface area (Å²) in [6.45, 7) is 9.89. The first-order chi connectivity index (χ1) is 32.4. The number of rotatable bonds is 39. The molecule has 0 bridgehead atoms. The molecule has 11 heteroatoms. The van der Waals surface area contributed by atoms with Gasteiger partial charge in [-0.05, 0) is 129 Å². The molecular weight excluding hydrogens is 892 g/mol. The second kappa shape index (κ2) is 49.4. The van der Waals surface area contributed by atoms with E-state index in [4.69, 9.17) is 34.6 Å². The van der Waals surface area contributed by atoms with Crippen molar-refractivity contribution in [3.63, 3.8) is 0 Å². The van der Waals surface area contributed by atoms with Crippen molar-refractivity contribution in [3.8, 4) is 0 Å². The van der Waals surface area contributed by atoms with Crippen molar-refractivity contribution >= 4 is 17.9 Å². The predicted octanol–water partition coefficient (Wildman–Crippen LogP) is 15.0. The number of aliphatic hydroxyl groups is 1. The number of carboxylic acids is 3. The van der Waals surface area contributed by atoms with E-state index >= 15 is 0 Å². The smallest absolute Gasteiger partial charge is 0.303 e. The van der Waals surface area contributed by atoms with Gasteiger partial charge in [-0.1, -0.05) is 151 Å². The molecule has 0 aliphatic carbocycles. The Balaban J connectivity index is 0. The topological polar surface area (TPSA) is 170 Å². The number of hydrogen-bond acceptors (Lipinski definition) is 7. The third-order valence-electron chi connectivity index (χ3n) is 11.3. The molecule has 3 rings (SSSR count). The summed E-state index contributed by atoms with van der Waals surface area (Å²) < 4.78 is 16.8. The molecule has 0 saturated carbocycles. The maximum Gasteiger partial charge on any atom is 0.303 e. The number of carboxylic acid groups (broad SMARTS) is 3. The minimum atomic E-state index is -0.677. The summed E-state index contributed by atoms with van der Waals surface area (Å²) in [6.07, 6.45) is 59.5. The number of allylic oxidation sites excluding steroid dienone is 6. The predicted molar refractivity (Wildman–Crippen MR) is 277 cm³/mol. The summed E-state index contributed by atoms with van der Waals surface area (Å²) in [6, 6.07) is 0. The van der Waals surface area contributed by atoms with Gasteiger partial charge >= 0.3 is 17.9 Å². The van der Waals surface area contributed by atoms with Crippen molar-refractivity contribution in [2.75, 3.05) is 0 Å². The maximum atomic E-state index is 10.3. The van der Waals surface area contributed by atoms with Crippen LogP contribution in [0.15, 0.2) is 72.9 Å². The van der Waals surface area contributed by atoms with Gasteiger partial charge in [0.2, 0.25) is 0 Å². The monoisotopic (exact) mass is 991 g/mol. The Hall–Kier alpha value is -2.60. The Morgan fingerprint density at radius 1 is 0.368 bits per heavy atom. The fourth-order valence-corrected chi connectivity index (χ4v) is 7.22. The van der Waals surface area contributed by atoms with Gasteiger partial charge in [0.05, 0.1) is 36.6 Å². The molecule has 0 amide bonds. The molecule has 0 aromatic carbocycles. The Bertz CT molecular complexity index is 1210. The van der Waals surface area contributed by atoms with Crippen LogP contribution in [0.4, 0.5) is 0 Å². The van der Waals surface area contributed by atoms with Gasteiger partial charge in [-0.15, -0.1) is 0 Å². The Morgan fingerprint density at radius 3 is 0.765 bits per heavy atom. The molecule has 0 spiro atoms. The number of ether oxygens (including phenoxy) is 3. The fourth-order valence-electron chi connectivity index (χ4n) is 7.22. The van der Waals surface area contributed by atoms with Crippen molar-refractivity contribution in [1.29, 1.82) is 0 Å². The van der Waals surface area contributed by atoms with Gasteiger partial charge in [0.1, 0.15) is 0 Å². The zero-order valence-corrected chi connectivity index (χ0v) is 45.0. The van der Waals surface area contributed by atoms with Crippen LogP contribution < -0.4 is 0 Å². The molecular formula is C57H98O10Ti. The zero-order chi connectivity index (χ0) is 49.6. The van der Waals surface area contributed by atoms with E-state index < -0.39 is 17.9 Å². The SMILES string of the molecule is CC(C)O.CC/C=C/CC1OC1C/C=C/CCCCCCCC(=O)O.CC/C=C/CC1OC1C/C=C/CCCCCCCC(=O)O.CC/C=C/CC1OC1C/C=C/CCCCCCCC(=O)O.[Ti]. The quantitative estimate of drug-likeness (QED) is 0.0201. The molecule has 390 valence electrons. The number of epoxide rings is 3. The first kappa shape index (κ1) is 67.5. The van der Waals surface area contributed by atoms with Crippen LogP contribution in [0.3, 0.4) is 0 Å². The molecule has 0 aromatic heterocycles. The first-order valence-corrected chi connectivity index (χ1v) is 26.6. The number of aliphatic hydroxyl groups excluding tert-OH is 1. The van der Waals surface area contributed by atoms with Crippen molar-refractivity contribution in [1.82, 2.24) is 0 Å². The number of carbonyl (C=O) groups is 3. The van der Waals surface area contributed by atoms with Crippen molar-refractivity contribution < 1.29 is 70.7 Å². The molecule has 0 radical (unpaired) electrons. The minimum Gasteiger partial charge on any atom is -0.481 e. The first-order valence-electron chi connectivity index (χ1n) is 26.6. The van der Waals surface area contributed by atoms with Gasteiger partial charge in [0, 0.05) is 47.1 Å². The van der Waals surface area contributed by atoms with E-state index in [1.54, 1.807) is 13.8 Å². The van der Waals surface area contributed by atoms with Gasteiger partial charge in [0.15, 0.2) is 0 Å². The van der Waals surface area contributed by atoms with Crippen LogP contribution in [-0.4, -0.2) is 81.1 Å². The average molecular weight is 991 g/mol. The largest absolute Gasteiger partial charge is 0.481 e.